The van der Waals surface area contributed by atoms with E-state index in [0.717, 1.165) is 36.6 Å². The molecule has 1 aliphatic carbocycles. The average molecular weight is 350 g/mol. The number of likely N-dealkylation sites (tertiary alicyclic amines) is 1. The minimum Gasteiger partial charge on any atom is -0.370 e. The molecule has 5 nitrogen and oxygen atoms in total. The van der Waals surface area contributed by atoms with Gasteiger partial charge in [-0.25, -0.2) is 9.97 Å². The van der Waals surface area contributed by atoms with Crippen LogP contribution in [0.1, 0.15) is 43.0 Å². The molecule has 1 aliphatic heterocycles. The van der Waals surface area contributed by atoms with Crippen molar-refractivity contribution in [3.63, 3.8) is 0 Å². The molecular formula is C21H26N4O. The Morgan fingerprint density at radius 3 is 2.58 bits per heavy atom. The van der Waals surface area contributed by atoms with Gasteiger partial charge in [-0.1, -0.05) is 18.6 Å². The number of rotatable bonds is 4. The summed E-state index contributed by atoms with van der Waals surface area (Å²) in [5, 5.41) is 3.20. The van der Waals surface area contributed by atoms with Crippen LogP contribution in [0.5, 0.6) is 0 Å². The standard InChI is InChI=1S/C21H26N4O/c1-2-22-19-10-11-23-20(24-19)17-6-8-18(9-7-17)21(26)25-13-15-4-3-5-16(12-15)14-25/h6-11,15-16H,2-5,12-14H2,1H3,(H,22,23,24). The highest BCUT2D eigenvalue weighted by atomic mass is 16.2. The van der Waals surface area contributed by atoms with Gasteiger partial charge < -0.3 is 10.2 Å². The van der Waals surface area contributed by atoms with Gasteiger partial charge in [-0.05, 0) is 56.2 Å². The molecular weight excluding hydrogens is 324 g/mol. The molecule has 2 heterocycles. The number of carbonyl (C=O) groups excluding carboxylic acids is 1. The van der Waals surface area contributed by atoms with Crippen LogP contribution in [0.4, 0.5) is 5.82 Å². The first-order chi connectivity index (χ1) is 12.7. The number of hydrogen-bond acceptors (Lipinski definition) is 4. The first-order valence-corrected chi connectivity index (χ1v) is 9.69. The number of aromatic nitrogens is 2. The van der Waals surface area contributed by atoms with E-state index in [1.165, 1.54) is 25.7 Å². The van der Waals surface area contributed by atoms with Gasteiger partial charge >= 0.3 is 0 Å². The summed E-state index contributed by atoms with van der Waals surface area (Å²) < 4.78 is 0. The van der Waals surface area contributed by atoms with Gasteiger partial charge in [-0.3, -0.25) is 4.79 Å². The Balaban J connectivity index is 1.49. The lowest BCUT2D eigenvalue weighted by molar-refractivity contribution is 0.0504. The molecule has 2 aromatic rings. The van der Waals surface area contributed by atoms with Crippen LogP contribution in [0.3, 0.4) is 0 Å². The smallest absolute Gasteiger partial charge is 0.253 e. The summed E-state index contributed by atoms with van der Waals surface area (Å²) >= 11 is 0. The average Bonchev–Trinajstić information content (AvgIpc) is 2.68. The number of anilines is 1. The molecule has 1 saturated heterocycles. The van der Waals surface area contributed by atoms with E-state index in [1.807, 2.05) is 37.3 Å². The van der Waals surface area contributed by atoms with Crippen molar-refractivity contribution in [1.82, 2.24) is 14.9 Å². The van der Waals surface area contributed by atoms with Crippen LogP contribution in [0.15, 0.2) is 36.5 Å². The third-order valence-corrected chi connectivity index (χ3v) is 5.54. The maximum atomic E-state index is 12.9. The maximum Gasteiger partial charge on any atom is 0.253 e. The molecule has 4 rings (SSSR count). The maximum absolute atomic E-state index is 12.9. The summed E-state index contributed by atoms with van der Waals surface area (Å²) in [5.41, 5.74) is 1.69. The summed E-state index contributed by atoms with van der Waals surface area (Å²) in [4.78, 5) is 23.8. The Morgan fingerprint density at radius 1 is 1.15 bits per heavy atom. The molecule has 1 saturated carbocycles. The quantitative estimate of drug-likeness (QED) is 0.910. The van der Waals surface area contributed by atoms with Crippen LogP contribution in [0.2, 0.25) is 0 Å². The summed E-state index contributed by atoms with van der Waals surface area (Å²) in [7, 11) is 0. The third-order valence-electron chi connectivity index (χ3n) is 5.54. The van der Waals surface area contributed by atoms with Gasteiger partial charge in [-0.15, -0.1) is 0 Å². The van der Waals surface area contributed by atoms with Crippen molar-refractivity contribution in [2.24, 2.45) is 11.8 Å². The van der Waals surface area contributed by atoms with Gasteiger partial charge in [0, 0.05) is 37.0 Å². The van der Waals surface area contributed by atoms with Crippen LogP contribution in [0.25, 0.3) is 11.4 Å². The first kappa shape index (κ1) is 17.0. The predicted molar refractivity (Wildman–Crippen MR) is 103 cm³/mol. The summed E-state index contributed by atoms with van der Waals surface area (Å²) in [6, 6.07) is 9.57. The molecule has 136 valence electrons. The van der Waals surface area contributed by atoms with E-state index in [4.69, 9.17) is 0 Å². The van der Waals surface area contributed by atoms with Crippen molar-refractivity contribution in [3.05, 3.63) is 42.1 Å². The SMILES string of the molecule is CCNc1ccnc(-c2ccc(C(=O)N3CC4CCCC(C4)C3)cc2)n1. The zero-order chi connectivity index (χ0) is 17.9. The fourth-order valence-electron chi connectivity index (χ4n) is 4.32. The zero-order valence-electron chi connectivity index (χ0n) is 15.3. The van der Waals surface area contributed by atoms with Crippen molar-refractivity contribution in [1.29, 1.82) is 0 Å². The van der Waals surface area contributed by atoms with Gasteiger partial charge in [-0.2, -0.15) is 0 Å². The Bertz CT molecular complexity index is 762. The highest BCUT2D eigenvalue weighted by Gasteiger charge is 2.32. The van der Waals surface area contributed by atoms with E-state index < -0.39 is 0 Å². The van der Waals surface area contributed by atoms with Crippen molar-refractivity contribution in [3.8, 4) is 11.4 Å². The summed E-state index contributed by atoms with van der Waals surface area (Å²) in [5.74, 6) is 3.06. The molecule has 2 fully saturated rings. The second-order valence-electron chi connectivity index (χ2n) is 7.48. The minimum absolute atomic E-state index is 0.162. The molecule has 2 aliphatic rings. The predicted octanol–water partition coefficient (Wildman–Crippen LogP) is 3.84. The van der Waals surface area contributed by atoms with E-state index in [-0.39, 0.29) is 5.91 Å². The van der Waals surface area contributed by atoms with Crippen molar-refractivity contribution >= 4 is 11.7 Å². The monoisotopic (exact) mass is 350 g/mol. The van der Waals surface area contributed by atoms with Crippen LogP contribution in [-0.2, 0) is 0 Å². The van der Waals surface area contributed by atoms with Crippen LogP contribution >= 0.6 is 0 Å². The molecule has 1 N–H and O–H groups in total. The molecule has 2 bridgehead atoms. The van der Waals surface area contributed by atoms with E-state index in [0.29, 0.717) is 17.7 Å². The fraction of sp³-hybridized carbons (Fsp3) is 0.476. The van der Waals surface area contributed by atoms with Crippen LogP contribution in [-0.4, -0.2) is 40.4 Å². The molecule has 1 aromatic heterocycles. The Hall–Kier alpha value is -2.43. The second-order valence-corrected chi connectivity index (χ2v) is 7.48. The molecule has 0 spiro atoms. The van der Waals surface area contributed by atoms with Crippen molar-refractivity contribution in [2.75, 3.05) is 25.0 Å². The number of hydrogen-bond donors (Lipinski definition) is 1. The minimum atomic E-state index is 0.162. The van der Waals surface area contributed by atoms with Crippen molar-refractivity contribution < 1.29 is 4.79 Å². The highest BCUT2D eigenvalue weighted by molar-refractivity contribution is 5.94. The number of amides is 1. The summed E-state index contributed by atoms with van der Waals surface area (Å²) in [6.07, 6.45) is 6.95. The molecule has 26 heavy (non-hydrogen) atoms. The number of fused-ring (bicyclic) bond motifs is 2. The van der Waals surface area contributed by atoms with Gasteiger partial charge in [0.15, 0.2) is 5.82 Å². The summed E-state index contributed by atoms with van der Waals surface area (Å²) in [6.45, 7) is 4.70. The van der Waals surface area contributed by atoms with E-state index in [2.05, 4.69) is 20.2 Å². The molecule has 5 heteroatoms. The van der Waals surface area contributed by atoms with Crippen LogP contribution in [0, 0.1) is 11.8 Å². The zero-order valence-corrected chi connectivity index (χ0v) is 15.3. The third kappa shape index (κ3) is 3.57. The first-order valence-electron chi connectivity index (χ1n) is 9.69. The van der Waals surface area contributed by atoms with Gasteiger partial charge in [0.05, 0.1) is 0 Å². The normalized spacial score (nSPS) is 22.1. The van der Waals surface area contributed by atoms with E-state index in [1.54, 1.807) is 6.20 Å². The highest BCUT2D eigenvalue weighted by Crippen LogP contribution is 2.34. The molecule has 1 aromatic carbocycles. The van der Waals surface area contributed by atoms with Crippen LogP contribution < -0.4 is 5.32 Å². The van der Waals surface area contributed by atoms with E-state index in [9.17, 15) is 4.79 Å². The molecule has 2 atom stereocenters. The van der Waals surface area contributed by atoms with Gasteiger partial charge in [0.1, 0.15) is 5.82 Å². The topological polar surface area (TPSA) is 58.1 Å². The number of benzene rings is 1. The fourth-order valence-corrected chi connectivity index (χ4v) is 4.32. The Kier molecular flexibility index (Phi) is 4.87. The molecule has 1 amide bonds. The lowest BCUT2D eigenvalue weighted by Gasteiger charge is -2.41. The lowest BCUT2D eigenvalue weighted by Crippen LogP contribution is -2.45. The largest absolute Gasteiger partial charge is 0.370 e. The molecule has 0 radical (unpaired) electrons. The Labute approximate surface area is 154 Å². The molecule has 2 unspecified atom stereocenters. The number of carbonyl (C=O) groups is 1. The Morgan fingerprint density at radius 2 is 1.88 bits per heavy atom. The lowest BCUT2D eigenvalue weighted by atomic mass is 9.78. The second kappa shape index (κ2) is 7.44. The number of nitrogens with one attached hydrogen (secondary N) is 1. The van der Waals surface area contributed by atoms with Crippen molar-refractivity contribution in [2.45, 2.75) is 32.6 Å². The van der Waals surface area contributed by atoms with Gasteiger partial charge in [0.25, 0.3) is 5.91 Å². The number of piperidine rings is 1. The number of nitrogens with zero attached hydrogens (tertiary/aromatic N) is 3. The van der Waals surface area contributed by atoms with E-state index >= 15 is 0 Å². The van der Waals surface area contributed by atoms with Gasteiger partial charge in [0.2, 0.25) is 0 Å².